The van der Waals surface area contributed by atoms with Gasteiger partial charge >= 0.3 is 12.2 Å². The summed E-state index contributed by atoms with van der Waals surface area (Å²) in [6, 6.07) is 16.3. The van der Waals surface area contributed by atoms with Gasteiger partial charge in [-0.05, 0) is 60.7 Å². The molecule has 9 heteroatoms. The first-order valence-corrected chi connectivity index (χ1v) is 9.01. The summed E-state index contributed by atoms with van der Waals surface area (Å²) in [6.07, 6.45) is -4.51. The Balaban J connectivity index is 1.66. The second-order valence-electron chi connectivity index (χ2n) is 6.20. The van der Waals surface area contributed by atoms with Gasteiger partial charge in [0, 0.05) is 27.6 Å². The van der Waals surface area contributed by atoms with Crippen LogP contribution in [0.1, 0.15) is 15.9 Å². The summed E-state index contributed by atoms with van der Waals surface area (Å²) in [5.41, 5.74) is 0.161. The molecule has 3 N–H and O–H groups in total. The molecule has 3 amide bonds. The van der Waals surface area contributed by atoms with Crippen molar-refractivity contribution in [2.75, 3.05) is 16.0 Å². The summed E-state index contributed by atoms with van der Waals surface area (Å²) >= 11 is 5.79. The van der Waals surface area contributed by atoms with Gasteiger partial charge in [0.1, 0.15) is 0 Å². The van der Waals surface area contributed by atoms with Gasteiger partial charge in [-0.3, -0.25) is 4.79 Å². The van der Waals surface area contributed by atoms with E-state index >= 15 is 0 Å². The Kier molecular flexibility index (Phi) is 6.27. The molecule has 30 heavy (non-hydrogen) atoms. The van der Waals surface area contributed by atoms with E-state index in [-0.39, 0.29) is 11.3 Å². The predicted molar refractivity (Wildman–Crippen MR) is 110 cm³/mol. The molecule has 0 aromatic heterocycles. The SMILES string of the molecule is O=C(Nc1ccc(Cl)cc1)Nc1cccc(C(=O)Nc2cccc(C(F)(F)F)c2)c1. The van der Waals surface area contributed by atoms with Crippen molar-refractivity contribution < 1.29 is 22.8 Å². The fourth-order valence-corrected chi connectivity index (χ4v) is 2.67. The van der Waals surface area contributed by atoms with Crippen LogP contribution in [0.4, 0.5) is 35.0 Å². The van der Waals surface area contributed by atoms with E-state index < -0.39 is 23.7 Å². The van der Waals surface area contributed by atoms with Gasteiger partial charge in [0.05, 0.1) is 5.56 Å². The maximum absolute atomic E-state index is 12.8. The van der Waals surface area contributed by atoms with Crippen molar-refractivity contribution >= 4 is 40.6 Å². The molecular weight excluding hydrogens is 419 g/mol. The van der Waals surface area contributed by atoms with Crippen LogP contribution in [-0.4, -0.2) is 11.9 Å². The van der Waals surface area contributed by atoms with Gasteiger partial charge in [0.25, 0.3) is 5.91 Å². The van der Waals surface area contributed by atoms with Crippen LogP contribution in [0.5, 0.6) is 0 Å². The van der Waals surface area contributed by atoms with Crippen LogP contribution >= 0.6 is 11.6 Å². The number of hydrogen-bond donors (Lipinski definition) is 3. The molecule has 0 bridgehead atoms. The Labute approximate surface area is 174 Å². The number of anilines is 3. The molecule has 0 aliphatic rings. The Morgan fingerprint density at radius 3 is 2.00 bits per heavy atom. The summed E-state index contributed by atoms with van der Waals surface area (Å²) in [5.74, 6) is -0.615. The normalized spacial score (nSPS) is 10.9. The molecule has 5 nitrogen and oxygen atoms in total. The highest BCUT2D eigenvalue weighted by atomic mass is 35.5. The van der Waals surface area contributed by atoms with Crippen molar-refractivity contribution in [2.24, 2.45) is 0 Å². The standard InChI is InChI=1S/C21H15ClF3N3O2/c22-15-7-9-16(10-8-15)27-20(30)28-17-5-1-3-13(11-17)19(29)26-18-6-2-4-14(12-18)21(23,24)25/h1-12H,(H,26,29)(H2,27,28,30). The summed E-state index contributed by atoms with van der Waals surface area (Å²) in [7, 11) is 0. The molecular formula is C21H15ClF3N3O2. The largest absolute Gasteiger partial charge is 0.416 e. The Hall–Kier alpha value is -3.52. The molecule has 0 heterocycles. The minimum Gasteiger partial charge on any atom is -0.322 e. The lowest BCUT2D eigenvalue weighted by atomic mass is 10.1. The summed E-state index contributed by atoms with van der Waals surface area (Å²) in [4.78, 5) is 24.5. The van der Waals surface area contributed by atoms with Gasteiger partial charge in [-0.2, -0.15) is 13.2 Å². The molecule has 0 fully saturated rings. The Morgan fingerprint density at radius 1 is 0.733 bits per heavy atom. The van der Waals surface area contributed by atoms with Crippen LogP contribution in [0.15, 0.2) is 72.8 Å². The van der Waals surface area contributed by atoms with E-state index in [0.29, 0.717) is 16.4 Å². The molecule has 0 aliphatic heterocycles. The van der Waals surface area contributed by atoms with E-state index in [1.807, 2.05) is 0 Å². The van der Waals surface area contributed by atoms with Crippen molar-refractivity contribution in [1.29, 1.82) is 0 Å². The first-order chi connectivity index (χ1) is 14.2. The highest BCUT2D eigenvalue weighted by Crippen LogP contribution is 2.30. The highest BCUT2D eigenvalue weighted by molar-refractivity contribution is 6.30. The molecule has 154 valence electrons. The number of nitrogens with one attached hydrogen (secondary N) is 3. The van der Waals surface area contributed by atoms with Gasteiger partial charge in [-0.15, -0.1) is 0 Å². The minimum absolute atomic E-state index is 0.00803. The fourth-order valence-electron chi connectivity index (χ4n) is 2.54. The zero-order valence-electron chi connectivity index (χ0n) is 15.3. The van der Waals surface area contributed by atoms with Crippen LogP contribution in [0.3, 0.4) is 0 Å². The van der Waals surface area contributed by atoms with E-state index in [9.17, 15) is 22.8 Å². The zero-order valence-corrected chi connectivity index (χ0v) is 16.0. The maximum atomic E-state index is 12.8. The van der Waals surface area contributed by atoms with E-state index in [1.165, 1.54) is 24.3 Å². The molecule has 0 unspecified atom stereocenters. The topological polar surface area (TPSA) is 70.2 Å². The number of alkyl halides is 3. The van der Waals surface area contributed by atoms with Gasteiger partial charge in [-0.1, -0.05) is 23.7 Å². The number of benzene rings is 3. The molecule has 3 aromatic rings. The lowest BCUT2D eigenvalue weighted by Gasteiger charge is -2.11. The van der Waals surface area contributed by atoms with Gasteiger partial charge in [0.15, 0.2) is 0 Å². The third kappa shape index (κ3) is 5.74. The van der Waals surface area contributed by atoms with E-state index in [4.69, 9.17) is 11.6 Å². The Bertz CT molecular complexity index is 1070. The molecule has 3 aromatic carbocycles. The number of urea groups is 1. The van der Waals surface area contributed by atoms with Crippen LogP contribution in [-0.2, 0) is 6.18 Å². The van der Waals surface area contributed by atoms with Crippen LogP contribution in [0, 0.1) is 0 Å². The zero-order chi connectivity index (χ0) is 21.7. The monoisotopic (exact) mass is 433 g/mol. The minimum atomic E-state index is -4.51. The predicted octanol–water partition coefficient (Wildman–Crippen LogP) is 6.26. The quantitative estimate of drug-likeness (QED) is 0.454. The van der Waals surface area contributed by atoms with Gasteiger partial charge in [-0.25, -0.2) is 4.79 Å². The van der Waals surface area contributed by atoms with Crippen LogP contribution in [0.25, 0.3) is 0 Å². The van der Waals surface area contributed by atoms with E-state index in [0.717, 1.165) is 12.1 Å². The fraction of sp³-hybridized carbons (Fsp3) is 0.0476. The van der Waals surface area contributed by atoms with Crippen molar-refractivity contribution in [3.05, 3.63) is 88.9 Å². The van der Waals surface area contributed by atoms with E-state index in [1.54, 1.807) is 36.4 Å². The molecule has 0 aliphatic carbocycles. The van der Waals surface area contributed by atoms with Crippen molar-refractivity contribution in [2.45, 2.75) is 6.18 Å². The molecule has 3 rings (SSSR count). The van der Waals surface area contributed by atoms with Crippen molar-refractivity contribution in [3.63, 3.8) is 0 Å². The average Bonchev–Trinajstić information content (AvgIpc) is 2.69. The molecule has 0 spiro atoms. The highest BCUT2D eigenvalue weighted by Gasteiger charge is 2.30. The number of carbonyl (C=O) groups is 2. The second kappa shape index (κ2) is 8.87. The molecule has 0 radical (unpaired) electrons. The van der Waals surface area contributed by atoms with Crippen LogP contribution in [0.2, 0.25) is 5.02 Å². The lowest BCUT2D eigenvalue weighted by molar-refractivity contribution is -0.137. The summed E-state index contributed by atoms with van der Waals surface area (Å²) in [5, 5.41) is 8.14. The summed E-state index contributed by atoms with van der Waals surface area (Å²) < 4.78 is 38.4. The van der Waals surface area contributed by atoms with Crippen LogP contribution < -0.4 is 16.0 Å². The first kappa shape index (κ1) is 21.2. The van der Waals surface area contributed by atoms with Crippen molar-refractivity contribution in [3.8, 4) is 0 Å². The van der Waals surface area contributed by atoms with Gasteiger partial charge in [0.2, 0.25) is 0 Å². The third-order valence-corrected chi connectivity index (χ3v) is 4.18. The second-order valence-corrected chi connectivity index (χ2v) is 6.64. The number of halogens is 4. The van der Waals surface area contributed by atoms with Gasteiger partial charge < -0.3 is 16.0 Å². The molecule has 0 saturated heterocycles. The number of carbonyl (C=O) groups excluding carboxylic acids is 2. The van der Waals surface area contributed by atoms with Crippen molar-refractivity contribution in [1.82, 2.24) is 0 Å². The average molecular weight is 434 g/mol. The maximum Gasteiger partial charge on any atom is 0.416 e. The van der Waals surface area contributed by atoms with E-state index in [2.05, 4.69) is 16.0 Å². The third-order valence-electron chi connectivity index (χ3n) is 3.93. The first-order valence-electron chi connectivity index (χ1n) is 8.63. The lowest BCUT2D eigenvalue weighted by Crippen LogP contribution is -2.20. The number of amides is 3. The number of rotatable bonds is 4. The Morgan fingerprint density at radius 2 is 1.33 bits per heavy atom. The number of hydrogen-bond acceptors (Lipinski definition) is 2. The molecule has 0 atom stereocenters. The molecule has 0 saturated carbocycles. The smallest absolute Gasteiger partial charge is 0.322 e. The summed E-state index contributed by atoms with van der Waals surface area (Å²) in [6.45, 7) is 0.